The fourth-order valence-corrected chi connectivity index (χ4v) is 3.97. The zero-order valence-corrected chi connectivity index (χ0v) is 20.4. The van der Waals surface area contributed by atoms with Crippen molar-refractivity contribution in [2.75, 3.05) is 19.0 Å². The maximum absolute atomic E-state index is 15.0. The van der Waals surface area contributed by atoms with E-state index in [0.717, 1.165) is 17.7 Å². The van der Waals surface area contributed by atoms with Crippen LogP contribution in [-0.2, 0) is 19.1 Å². The van der Waals surface area contributed by atoms with Gasteiger partial charge in [-0.05, 0) is 44.0 Å². The van der Waals surface area contributed by atoms with Crippen molar-refractivity contribution in [1.29, 1.82) is 0 Å². The van der Waals surface area contributed by atoms with Crippen LogP contribution in [0.2, 0.25) is 0 Å². The van der Waals surface area contributed by atoms with Gasteiger partial charge in [0.15, 0.2) is 0 Å². The molecule has 0 aliphatic carbocycles. The Morgan fingerprint density at radius 3 is 2.62 bits per heavy atom. The number of alkyl halides is 3. The molecule has 1 aliphatic heterocycles. The summed E-state index contributed by atoms with van der Waals surface area (Å²) in [6, 6.07) is 5.29. The number of hydrogen-bond acceptors (Lipinski definition) is 6. The molecule has 8 nitrogen and oxygen atoms in total. The molecular weight excluding hydrogens is 492 g/mol. The van der Waals surface area contributed by atoms with Gasteiger partial charge in [-0.1, -0.05) is 12.1 Å². The van der Waals surface area contributed by atoms with Crippen LogP contribution in [0.5, 0.6) is 5.88 Å². The number of amides is 2. The first-order chi connectivity index (χ1) is 17.5. The molecule has 0 spiro atoms. The minimum absolute atomic E-state index is 0.121. The quantitative estimate of drug-likeness (QED) is 0.459. The van der Waals surface area contributed by atoms with Crippen molar-refractivity contribution in [2.45, 2.75) is 45.1 Å². The monoisotopic (exact) mass is 518 g/mol. The molecule has 4 rings (SSSR count). The Kier molecular flexibility index (Phi) is 7.46. The average Bonchev–Trinajstić information content (AvgIpc) is 2.86. The number of halogens is 4. The van der Waals surface area contributed by atoms with Gasteiger partial charge in [-0.3, -0.25) is 0 Å². The highest BCUT2D eigenvalue weighted by molar-refractivity contribution is 5.75. The van der Waals surface area contributed by atoms with E-state index in [9.17, 15) is 22.4 Å². The molecule has 0 fully saturated rings. The molecule has 1 aromatic carbocycles. The molecule has 1 atom stereocenters. The third kappa shape index (κ3) is 6.07. The molecule has 0 bridgehead atoms. The molecule has 0 saturated carbocycles. The van der Waals surface area contributed by atoms with Gasteiger partial charge in [0.1, 0.15) is 11.9 Å². The van der Waals surface area contributed by atoms with Gasteiger partial charge < -0.3 is 20.3 Å². The maximum Gasteiger partial charge on any atom is 0.416 e. The molecule has 37 heavy (non-hydrogen) atoms. The molecule has 12 heteroatoms. The largest absolute Gasteiger partial charge is 0.481 e. The lowest BCUT2D eigenvalue weighted by atomic mass is 10.00. The highest BCUT2D eigenvalue weighted by atomic mass is 19.4. The number of methoxy groups -OCH3 is 1. The van der Waals surface area contributed by atoms with Gasteiger partial charge in [-0.15, -0.1) is 0 Å². The van der Waals surface area contributed by atoms with Crippen molar-refractivity contribution in [3.63, 3.8) is 0 Å². The normalized spacial score (nSPS) is 14.2. The first-order valence-electron chi connectivity index (χ1n) is 11.6. The van der Waals surface area contributed by atoms with E-state index in [1.165, 1.54) is 18.1 Å². The molecule has 0 radical (unpaired) electrons. The second-order valence-corrected chi connectivity index (χ2v) is 8.86. The van der Waals surface area contributed by atoms with Crippen molar-refractivity contribution >= 4 is 12.0 Å². The van der Waals surface area contributed by atoms with E-state index in [4.69, 9.17) is 4.74 Å². The Morgan fingerprint density at radius 1 is 1.16 bits per heavy atom. The number of rotatable bonds is 6. The van der Waals surface area contributed by atoms with E-state index in [0.29, 0.717) is 30.7 Å². The summed E-state index contributed by atoms with van der Waals surface area (Å²) in [5, 5.41) is 5.86. The lowest BCUT2D eigenvalue weighted by Crippen LogP contribution is -2.45. The van der Waals surface area contributed by atoms with Gasteiger partial charge in [0.05, 0.1) is 30.6 Å². The number of aromatic nitrogens is 3. The molecule has 2 aromatic heterocycles. The van der Waals surface area contributed by atoms with E-state index in [-0.39, 0.29) is 29.7 Å². The third-order valence-electron chi connectivity index (χ3n) is 5.81. The van der Waals surface area contributed by atoms with Gasteiger partial charge in [0.25, 0.3) is 0 Å². The number of anilines is 1. The van der Waals surface area contributed by atoms with E-state index in [1.54, 1.807) is 18.3 Å². The zero-order chi connectivity index (χ0) is 26.7. The van der Waals surface area contributed by atoms with Gasteiger partial charge >= 0.3 is 12.2 Å². The number of nitrogens with one attached hydrogen (secondary N) is 2. The first kappa shape index (κ1) is 26.1. The van der Waals surface area contributed by atoms with Crippen LogP contribution in [0.25, 0.3) is 0 Å². The van der Waals surface area contributed by atoms with Crippen LogP contribution in [0.4, 0.5) is 28.3 Å². The van der Waals surface area contributed by atoms with E-state index in [2.05, 4.69) is 25.6 Å². The molecule has 3 aromatic rings. The van der Waals surface area contributed by atoms with Crippen LogP contribution >= 0.6 is 0 Å². The second kappa shape index (κ2) is 10.6. The maximum atomic E-state index is 15.0. The predicted octanol–water partition coefficient (Wildman–Crippen LogP) is 4.72. The molecule has 2 amide bonds. The van der Waals surface area contributed by atoms with Crippen LogP contribution < -0.4 is 15.4 Å². The van der Waals surface area contributed by atoms with Crippen LogP contribution in [0.15, 0.2) is 42.6 Å². The van der Waals surface area contributed by atoms with E-state index in [1.807, 2.05) is 13.8 Å². The van der Waals surface area contributed by atoms with Crippen LogP contribution in [0.1, 0.15) is 48.0 Å². The van der Waals surface area contributed by atoms with Crippen LogP contribution in [0, 0.1) is 5.82 Å². The summed E-state index contributed by atoms with van der Waals surface area (Å²) in [5.74, 6) is -0.468. The summed E-state index contributed by atoms with van der Waals surface area (Å²) >= 11 is 0. The highest BCUT2D eigenvalue weighted by Crippen LogP contribution is 2.33. The van der Waals surface area contributed by atoms with E-state index >= 15 is 0 Å². The number of hydrogen-bond donors (Lipinski definition) is 2. The summed E-state index contributed by atoms with van der Waals surface area (Å²) in [4.78, 5) is 27.9. The predicted molar refractivity (Wildman–Crippen MR) is 127 cm³/mol. The van der Waals surface area contributed by atoms with Gasteiger partial charge in [0, 0.05) is 30.4 Å². The molecule has 0 unspecified atom stereocenters. The second-order valence-electron chi connectivity index (χ2n) is 8.86. The Balaban J connectivity index is 1.62. The fourth-order valence-electron chi connectivity index (χ4n) is 3.97. The van der Waals surface area contributed by atoms with Crippen molar-refractivity contribution in [3.8, 4) is 5.88 Å². The van der Waals surface area contributed by atoms with Gasteiger partial charge in [-0.25, -0.2) is 24.1 Å². The van der Waals surface area contributed by atoms with Gasteiger partial charge in [0.2, 0.25) is 11.8 Å². The Morgan fingerprint density at radius 2 is 1.95 bits per heavy atom. The smallest absolute Gasteiger partial charge is 0.416 e. The summed E-state index contributed by atoms with van der Waals surface area (Å²) in [6.07, 6.45) is -2.47. The molecule has 2 N–H and O–H groups in total. The number of carbonyl (C=O) groups excluding carboxylic acids is 1. The Hall–Kier alpha value is -3.96. The van der Waals surface area contributed by atoms with Crippen molar-refractivity contribution in [1.82, 2.24) is 25.2 Å². The average molecular weight is 519 g/mol. The number of nitrogens with zero attached hydrogens (tertiary/aromatic N) is 4. The standard InChI is InChI=1S/C25H26F4N6O2/c1-14(2)31-23-30-12-15-9-10-35(13-20(15)33-23)24(36)34-22(19-5-4-6-21(32-19)37-3)17-8-7-16(11-18(17)26)25(27,28)29/h4-8,11-12,14,22H,9-10,13H2,1-3H3,(H,34,36)(H,30,31,33)/t22-/m0/s1. The number of urea groups is 1. The van der Waals surface area contributed by atoms with E-state index < -0.39 is 29.6 Å². The lowest BCUT2D eigenvalue weighted by Gasteiger charge is -2.30. The minimum atomic E-state index is -4.71. The fraction of sp³-hybridized carbons (Fsp3) is 0.360. The highest BCUT2D eigenvalue weighted by Gasteiger charge is 2.33. The molecule has 1 aliphatic rings. The topological polar surface area (TPSA) is 92.3 Å². The van der Waals surface area contributed by atoms with Gasteiger partial charge in [-0.2, -0.15) is 13.2 Å². The molecular formula is C25H26F4N6O2. The third-order valence-corrected chi connectivity index (χ3v) is 5.81. The number of ether oxygens (including phenoxy) is 1. The number of fused-ring (bicyclic) bond motifs is 1. The van der Waals surface area contributed by atoms with Crippen molar-refractivity contribution in [3.05, 3.63) is 76.5 Å². The summed E-state index contributed by atoms with van der Waals surface area (Å²) < 4.78 is 59.4. The van der Waals surface area contributed by atoms with Crippen LogP contribution in [-0.4, -0.2) is 45.6 Å². The SMILES string of the molecule is COc1cccc([C@@H](NC(=O)N2CCc3cnc(NC(C)C)nc3C2)c2ccc(C(F)(F)F)cc2F)n1. The number of pyridine rings is 1. The summed E-state index contributed by atoms with van der Waals surface area (Å²) in [5.41, 5.74) is 0.504. The number of benzene rings is 1. The number of carbonyl (C=O) groups is 1. The zero-order valence-electron chi connectivity index (χ0n) is 20.4. The van der Waals surface area contributed by atoms with Crippen molar-refractivity contribution in [2.24, 2.45) is 0 Å². The van der Waals surface area contributed by atoms with Crippen LogP contribution in [0.3, 0.4) is 0 Å². The summed E-state index contributed by atoms with van der Waals surface area (Å²) in [6.45, 7) is 4.45. The first-order valence-corrected chi connectivity index (χ1v) is 11.6. The molecule has 0 saturated heterocycles. The Bertz CT molecular complexity index is 1280. The molecule has 196 valence electrons. The lowest BCUT2D eigenvalue weighted by molar-refractivity contribution is -0.137. The molecule has 3 heterocycles. The Labute approximate surface area is 211 Å². The summed E-state index contributed by atoms with van der Waals surface area (Å²) in [7, 11) is 1.40. The van der Waals surface area contributed by atoms with Crippen molar-refractivity contribution < 1.29 is 27.1 Å². The minimum Gasteiger partial charge on any atom is -0.481 e.